The highest BCUT2D eigenvalue weighted by Gasteiger charge is 2.26. The third kappa shape index (κ3) is 5.12. The van der Waals surface area contributed by atoms with Crippen molar-refractivity contribution < 1.29 is 27.9 Å². The fourth-order valence-electron chi connectivity index (χ4n) is 1.38. The normalized spacial score (nSPS) is 11.4. The average Bonchev–Trinajstić information content (AvgIpc) is 2.33. The summed E-state index contributed by atoms with van der Waals surface area (Å²) in [5.41, 5.74) is 0.0423. The number of nitro benzene ring substituents is 1. The number of hydrogen-bond acceptors (Lipinski definition) is 4. The van der Waals surface area contributed by atoms with E-state index < -0.39 is 17.5 Å². The van der Waals surface area contributed by atoms with E-state index in [2.05, 4.69) is 0 Å². The van der Waals surface area contributed by atoms with E-state index >= 15 is 0 Å². The van der Waals surface area contributed by atoms with Gasteiger partial charge >= 0.3 is 11.9 Å². The van der Waals surface area contributed by atoms with Gasteiger partial charge in [-0.05, 0) is 24.1 Å². The standard InChI is InChI=1S/C11H12F3NO4/c12-11(13,14)4-1-5-19-10-6-8(7-16)2-3-9(10)15(17)18/h2-3,6,16H,1,4-5,7H2. The molecule has 1 aromatic carbocycles. The molecule has 0 atom stereocenters. The van der Waals surface area contributed by atoms with Gasteiger partial charge in [0.2, 0.25) is 0 Å². The lowest BCUT2D eigenvalue weighted by Crippen LogP contribution is -2.10. The van der Waals surface area contributed by atoms with Crippen molar-refractivity contribution in [2.24, 2.45) is 0 Å². The summed E-state index contributed by atoms with van der Waals surface area (Å²) in [5, 5.41) is 19.6. The molecule has 106 valence electrons. The molecule has 0 bridgehead atoms. The van der Waals surface area contributed by atoms with Gasteiger partial charge in [0.1, 0.15) is 0 Å². The zero-order chi connectivity index (χ0) is 14.5. The van der Waals surface area contributed by atoms with Gasteiger partial charge in [-0.1, -0.05) is 0 Å². The van der Waals surface area contributed by atoms with Crippen LogP contribution in [0.25, 0.3) is 0 Å². The van der Waals surface area contributed by atoms with Crippen LogP contribution in [-0.4, -0.2) is 22.8 Å². The van der Waals surface area contributed by atoms with E-state index in [1.54, 1.807) is 0 Å². The van der Waals surface area contributed by atoms with Gasteiger partial charge in [0.15, 0.2) is 5.75 Å². The van der Waals surface area contributed by atoms with E-state index in [9.17, 15) is 23.3 Å². The molecule has 0 radical (unpaired) electrons. The van der Waals surface area contributed by atoms with Crippen LogP contribution in [0.5, 0.6) is 5.75 Å². The molecule has 0 aromatic heterocycles. The van der Waals surface area contributed by atoms with Gasteiger partial charge in [0.05, 0.1) is 18.1 Å². The van der Waals surface area contributed by atoms with Crippen LogP contribution in [0.4, 0.5) is 18.9 Å². The van der Waals surface area contributed by atoms with Crippen LogP contribution in [0, 0.1) is 10.1 Å². The van der Waals surface area contributed by atoms with E-state index in [0.717, 1.165) is 6.07 Å². The molecule has 0 unspecified atom stereocenters. The maximum absolute atomic E-state index is 11.9. The van der Waals surface area contributed by atoms with Crippen molar-refractivity contribution in [3.8, 4) is 5.75 Å². The number of aliphatic hydroxyl groups is 1. The van der Waals surface area contributed by atoms with Crippen molar-refractivity contribution >= 4 is 5.69 Å². The van der Waals surface area contributed by atoms with E-state index in [0.29, 0.717) is 5.56 Å². The summed E-state index contributed by atoms with van der Waals surface area (Å²) in [7, 11) is 0. The number of rotatable bonds is 6. The van der Waals surface area contributed by atoms with Crippen molar-refractivity contribution in [3.63, 3.8) is 0 Å². The number of nitro groups is 1. The van der Waals surface area contributed by atoms with Gasteiger partial charge in [-0.25, -0.2) is 0 Å². The first-order valence-electron chi connectivity index (χ1n) is 5.41. The Kier molecular flexibility index (Phi) is 5.11. The van der Waals surface area contributed by atoms with E-state index in [4.69, 9.17) is 9.84 Å². The van der Waals surface area contributed by atoms with Crippen LogP contribution in [0.3, 0.4) is 0 Å². The molecule has 0 aliphatic rings. The smallest absolute Gasteiger partial charge is 0.389 e. The van der Waals surface area contributed by atoms with Crippen LogP contribution in [0.2, 0.25) is 0 Å². The Morgan fingerprint density at radius 2 is 2.05 bits per heavy atom. The zero-order valence-corrected chi connectivity index (χ0v) is 9.81. The first kappa shape index (κ1) is 15.2. The van der Waals surface area contributed by atoms with Crippen LogP contribution in [-0.2, 0) is 6.61 Å². The number of hydrogen-bond donors (Lipinski definition) is 1. The van der Waals surface area contributed by atoms with Crippen molar-refractivity contribution in [1.82, 2.24) is 0 Å². The Morgan fingerprint density at radius 3 is 2.58 bits per heavy atom. The van der Waals surface area contributed by atoms with Crippen molar-refractivity contribution in [1.29, 1.82) is 0 Å². The number of halogens is 3. The summed E-state index contributed by atoms with van der Waals surface area (Å²) < 4.78 is 40.7. The summed E-state index contributed by atoms with van der Waals surface area (Å²) in [6.45, 7) is -0.619. The quantitative estimate of drug-likeness (QED) is 0.493. The second kappa shape index (κ2) is 6.37. The summed E-state index contributed by atoms with van der Waals surface area (Å²) in [6, 6.07) is 3.73. The maximum Gasteiger partial charge on any atom is 0.389 e. The summed E-state index contributed by atoms with van der Waals surface area (Å²) in [6.07, 6.45) is -5.58. The highest BCUT2D eigenvalue weighted by atomic mass is 19.4. The molecule has 1 aromatic rings. The molecule has 19 heavy (non-hydrogen) atoms. The number of ether oxygens (including phenoxy) is 1. The topological polar surface area (TPSA) is 72.6 Å². The van der Waals surface area contributed by atoms with Gasteiger partial charge < -0.3 is 9.84 Å². The molecule has 0 amide bonds. The molecular weight excluding hydrogens is 267 g/mol. The zero-order valence-electron chi connectivity index (χ0n) is 9.81. The second-order valence-electron chi connectivity index (χ2n) is 3.78. The molecular formula is C11H12F3NO4. The highest BCUT2D eigenvalue weighted by molar-refractivity contribution is 5.48. The number of aliphatic hydroxyl groups excluding tert-OH is 1. The fourth-order valence-corrected chi connectivity index (χ4v) is 1.38. The van der Waals surface area contributed by atoms with Gasteiger partial charge in [-0.15, -0.1) is 0 Å². The van der Waals surface area contributed by atoms with Crippen molar-refractivity contribution in [3.05, 3.63) is 33.9 Å². The molecule has 5 nitrogen and oxygen atoms in total. The molecule has 0 saturated heterocycles. The molecule has 0 saturated carbocycles. The van der Waals surface area contributed by atoms with Crippen LogP contribution < -0.4 is 4.74 Å². The SMILES string of the molecule is O=[N+]([O-])c1ccc(CO)cc1OCCCC(F)(F)F. The largest absolute Gasteiger partial charge is 0.487 e. The second-order valence-corrected chi connectivity index (χ2v) is 3.78. The lowest BCUT2D eigenvalue weighted by atomic mass is 10.2. The van der Waals surface area contributed by atoms with Gasteiger partial charge in [-0.2, -0.15) is 13.2 Å². The fraction of sp³-hybridized carbons (Fsp3) is 0.455. The first-order valence-corrected chi connectivity index (χ1v) is 5.41. The molecule has 0 fully saturated rings. The average molecular weight is 279 g/mol. The molecule has 8 heteroatoms. The van der Waals surface area contributed by atoms with Gasteiger partial charge in [-0.3, -0.25) is 10.1 Å². The number of nitrogens with zero attached hydrogens (tertiary/aromatic N) is 1. The van der Waals surface area contributed by atoms with E-state index in [1.165, 1.54) is 12.1 Å². The Labute approximate surface area is 106 Å². The summed E-state index contributed by atoms with van der Waals surface area (Å²) in [4.78, 5) is 10.0. The Hall–Kier alpha value is -1.83. The predicted octanol–water partition coefficient (Wildman–Crippen LogP) is 2.81. The summed E-state index contributed by atoms with van der Waals surface area (Å²) >= 11 is 0. The number of alkyl halides is 3. The van der Waals surface area contributed by atoms with E-state index in [-0.39, 0.29) is 31.1 Å². The summed E-state index contributed by atoms with van der Waals surface area (Å²) in [5.74, 6) is -0.140. The van der Waals surface area contributed by atoms with E-state index in [1.807, 2.05) is 0 Å². The lowest BCUT2D eigenvalue weighted by molar-refractivity contribution is -0.385. The van der Waals surface area contributed by atoms with Crippen LogP contribution in [0.1, 0.15) is 18.4 Å². The van der Waals surface area contributed by atoms with Crippen molar-refractivity contribution in [2.45, 2.75) is 25.6 Å². The lowest BCUT2D eigenvalue weighted by Gasteiger charge is -2.09. The minimum absolute atomic E-state index is 0.140. The molecule has 1 rings (SSSR count). The Morgan fingerprint density at radius 1 is 1.37 bits per heavy atom. The van der Waals surface area contributed by atoms with Gasteiger partial charge in [0, 0.05) is 12.5 Å². The molecule has 0 aliphatic carbocycles. The highest BCUT2D eigenvalue weighted by Crippen LogP contribution is 2.29. The third-order valence-corrected chi connectivity index (χ3v) is 2.27. The number of benzene rings is 1. The monoisotopic (exact) mass is 279 g/mol. The maximum atomic E-state index is 11.9. The molecule has 0 heterocycles. The van der Waals surface area contributed by atoms with Gasteiger partial charge in [0.25, 0.3) is 0 Å². The molecule has 0 spiro atoms. The Balaban J connectivity index is 2.67. The van der Waals surface area contributed by atoms with Crippen LogP contribution in [0.15, 0.2) is 18.2 Å². The molecule has 0 aliphatic heterocycles. The molecule has 1 N–H and O–H groups in total. The van der Waals surface area contributed by atoms with Crippen LogP contribution >= 0.6 is 0 Å². The minimum atomic E-state index is -4.28. The Bertz CT molecular complexity index is 448. The third-order valence-electron chi connectivity index (χ3n) is 2.27. The predicted molar refractivity (Wildman–Crippen MR) is 59.8 cm³/mol. The minimum Gasteiger partial charge on any atom is -0.487 e. The van der Waals surface area contributed by atoms with Crippen molar-refractivity contribution in [2.75, 3.05) is 6.61 Å². The first-order chi connectivity index (χ1) is 8.83.